The molecular weight excluding hydrogens is 204 g/mol. The average molecular weight is 226 g/mol. The molecule has 2 aliphatic rings. The SMILES string of the molecule is CCCOCCC(=O)N1C[C@@H]2CCN[C@@H]2C1. The molecule has 16 heavy (non-hydrogen) atoms. The van der Waals surface area contributed by atoms with Crippen LogP contribution < -0.4 is 5.32 Å². The van der Waals surface area contributed by atoms with Gasteiger partial charge in [0.2, 0.25) is 5.91 Å². The maximum absolute atomic E-state index is 11.9. The van der Waals surface area contributed by atoms with Crippen molar-refractivity contribution in [1.82, 2.24) is 10.2 Å². The summed E-state index contributed by atoms with van der Waals surface area (Å²) in [5, 5.41) is 3.45. The fourth-order valence-corrected chi connectivity index (χ4v) is 2.62. The second kappa shape index (κ2) is 5.64. The number of hydrogen-bond acceptors (Lipinski definition) is 3. The van der Waals surface area contributed by atoms with Crippen LogP contribution in [-0.2, 0) is 9.53 Å². The molecule has 0 unspecified atom stereocenters. The van der Waals surface area contributed by atoms with Crippen LogP contribution in [0.1, 0.15) is 26.2 Å². The maximum Gasteiger partial charge on any atom is 0.224 e. The summed E-state index contributed by atoms with van der Waals surface area (Å²) in [5.74, 6) is 0.952. The minimum atomic E-state index is 0.257. The van der Waals surface area contributed by atoms with E-state index in [1.165, 1.54) is 6.42 Å². The molecule has 0 aromatic rings. The van der Waals surface area contributed by atoms with Crippen molar-refractivity contribution in [3.05, 3.63) is 0 Å². The monoisotopic (exact) mass is 226 g/mol. The Morgan fingerprint density at radius 2 is 2.31 bits per heavy atom. The lowest BCUT2D eigenvalue weighted by Crippen LogP contribution is -2.34. The highest BCUT2D eigenvalue weighted by Crippen LogP contribution is 2.24. The number of fused-ring (bicyclic) bond motifs is 1. The van der Waals surface area contributed by atoms with Crippen LogP contribution >= 0.6 is 0 Å². The van der Waals surface area contributed by atoms with Gasteiger partial charge in [-0.3, -0.25) is 4.79 Å². The van der Waals surface area contributed by atoms with Crippen LogP contribution in [0.15, 0.2) is 0 Å². The molecule has 2 atom stereocenters. The number of rotatable bonds is 5. The van der Waals surface area contributed by atoms with Crippen LogP contribution in [-0.4, -0.2) is 49.7 Å². The number of ether oxygens (including phenoxy) is 1. The smallest absolute Gasteiger partial charge is 0.224 e. The molecule has 0 aromatic carbocycles. The lowest BCUT2D eigenvalue weighted by molar-refractivity contribution is -0.131. The van der Waals surface area contributed by atoms with E-state index in [0.717, 1.165) is 32.7 Å². The Kier molecular flexibility index (Phi) is 4.18. The maximum atomic E-state index is 11.9. The van der Waals surface area contributed by atoms with Crippen molar-refractivity contribution in [2.45, 2.75) is 32.2 Å². The number of nitrogens with zero attached hydrogens (tertiary/aromatic N) is 1. The summed E-state index contributed by atoms with van der Waals surface area (Å²) >= 11 is 0. The van der Waals surface area contributed by atoms with Crippen molar-refractivity contribution in [1.29, 1.82) is 0 Å². The van der Waals surface area contributed by atoms with Gasteiger partial charge in [0.15, 0.2) is 0 Å². The molecule has 2 aliphatic heterocycles. The number of carbonyl (C=O) groups excluding carboxylic acids is 1. The van der Waals surface area contributed by atoms with E-state index in [1.807, 2.05) is 4.90 Å². The van der Waals surface area contributed by atoms with Gasteiger partial charge in [-0.2, -0.15) is 0 Å². The molecule has 2 rings (SSSR count). The van der Waals surface area contributed by atoms with Crippen LogP contribution in [0, 0.1) is 5.92 Å². The first-order valence-electron chi connectivity index (χ1n) is 6.40. The molecule has 0 aromatic heterocycles. The van der Waals surface area contributed by atoms with E-state index in [0.29, 0.717) is 25.0 Å². The predicted molar refractivity (Wildman–Crippen MR) is 62.2 cm³/mol. The van der Waals surface area contributed by atoms with Crippen LogP contribution in [0.5, 0.6) is 0 Å². The van der Waals surface area contributed by atoms with Gasteiger partial charge in [0, 0.05) is 25.7 Å². The summed E-state index contributed by atoms with van der Waals surface area (Å²) in [5.41, 5.74) is 0. The molecule has 4 nitrogen and oxygen atoms in total. The minimum Gasteiger partial charge on any atom is -0.381 e. The molecule has 0 aliphatic carbocycles. The molecule has 2 fully saturated rings. The van der Waals surface area contributed by atoms with Gasteiger partial charge in [-0.25, -0.2) is 0 Å². The van der Waals surface area contributed by atoms with Gasteiger partial charge in [0.05, 0.1) is 13.0 Å². The van der Waals surface area contributed by atoms with Crippen molar-refractivity contribution >= 4 is 5.91 Å². The fraction of sp³-hybridized carbons (Fsp3) is 0.917. The Balaban J connectivity index is 1.66. The van der Waals surface area contributed by atoms with Gasteiger partial charge in [0.25, 0.3) is 0 Å². The van der Waals surface area contributed by atoms with Crippen molar-refractivity contribution in [3.8, 4) is 0 Å². The minimum absolute atomic E-state index is 0.257. The third-order valence-electron chi connectivity index (χ3n) is 3.52. The summed E-state index contributed by atoms with van der Waals surface area (Å²) < 4.78 is 5.34. The first kappa shape index (κ1) is 11.9. The van der Waals surface area contributed by atoms with Gasteiger partial charge in [-0.1, -0.05) is 6.92 Å². The van der Waals surface area contributed by atoms with Crippen molar-refractivity contribution < 1.29 is 9.53 Å². The average Bonchev–Trinajstić information content (AvgIpc) is 2.83. The van der Waals surface area contributed by atoms with E-state index >= 15 is 0 Å². The van der Waals surface area contributed by atoms with Gasteiger partial charge < -0.3 is 15.0 Å². The van der Waals surface area contributed by atoms with Crippen molar-refractivity contribution in [2.24, 2.45) is 5.92 Å². The molecule has 1 amide bonds. The molecule has 4 heteroatoms. The van der Waals surface area contributed by atoms with E-state index < -0.39 is 0 Å². The van der Waals surface area contributed by atoms with E-state index in [1.54, 1.807) is 0 Å². The quantitative estimate of drug-likeness (QED) is 0.699. The molecule has 0 bridgehead atoms. The molecule has 1 N–H and O–H groups in total. The van der Waals surface area contributed by atoms with Crippen LogP contribution in [0.25, 0.3) is 0 Å². The van der Waals surface area contributed by atoms with E-state index in [2.05, 4.69) is 12.2 Å². The normalized spacial score (nSPS) is 28.4. The highest BCUT2D eigenvalue weighted by molar-refractivity contribution is 5.76. The Bertz CT molecular complexity index is 233. The van der Waals surface area contributed by atoms with Crippen LogP contribution in [0.3, 0.4) is 0 Å². The second-order valence-electron chi connectivity index (χ2n) is 4.77. The molecule has 0 radical (unpaired) electrons. The lowest BCUT2D eigenvalue weighted by Gasteiger charge is -2.17. The number of hydrogen-bond donors (Lipinski definition) is 1. The summed E-state index contributed by atoms with van der Waals surface area (Å²) in [6.45, 7) is 6.39. The molecule has 0 saturated carbocycles. The first-order chi connectivity index (χ1) is 7.81. The van der Waals surface area contributed by atoms with Crippen LogP contribution in [0.2, 0.25) is 0 Å². The summed E-state index contributed by atoms with van der Waals surface area (Å²) in [6, 6.07) is 0.556. The predicted octanol–water partition coefficient (Wildman–Crippen LogP) is 0.623. The zero-order chi connectivity index (χ0) is 11.4. The third kappa shape index (κ3) is 2.74. The highest BCUT2D eigenvalue weighted by Gasteiger charge is 2.37. The number of nitrogens with one attached hydrogen (secondary N) is 1. The number of carbonyl (C=O) groups is 1. The molecule has 92 valence electrons. The lowest BCUT2D eigenvalue weighted by atomic mass is 10.1. The Hall–Kier alpha value is -0.610. The highest BCUT2D eigenvalue weighted by atomic mass is 16.5. The number of amides is 1. The fourth-order valence-electron chi connectivity index (χ4n) is 2.62. The molecular formula is C12H22N2O2. The van der Waals surface area contributed by atoms with Crippen molar-refractivity contribution in [2.75, 3.05) is 32.8 Å². The van der Waals surface area contributed by atoms with E-state index in [4.69, 9.17) is 4.74 Å². The standard InChI is InChI=1S/C12H22N2O2/c1-2-6-16-7-4-12(15)14-8-10-3-5-13-11(10)9-14/h10-11,13H,2-9H2,1H3/t10-,11+/m0/s1. The van der Waals surface area contributed by atoms with E-state index in [9.17, 15) is 4.79 Å². The topological polar surface area (TPSA) is 41.6 Å². The number of likely N-dealkylation sites (tertiary alicyclic amines) is 1. The van der Waals surface area contributed by atoms with Crippen molar-refractivity contribution in [3.63, 3.8) is 0 Å². The first-order valence-corrected chi connectivity index (χ1v) is 6.40. The molecule has 2 heterocycles. The summed E-state index contributed by atoms with van der Waals surface area (Å²) in [6.07, 6.45) is 2.78. The van der Waals surface area contributed by atoms with Gasteiger partial charge in [-0.15, -0.1) is 0 Å². The Morgan fingerprint density at radius 3 is 3.06 bits per heavy atom. The molecule has 2 saturated heterocycles. The second-order valence-corrected chi connectivity index (χ2v) is 4.77. The van der Waals surface area contributed by atoms with Gasteiger partial charge >= 0.3 is 0 Å². The summed E-state index contributed by atoms with van der Waals surface area (Å²) in [7, 11) is 0. The zero-order valence-electron chi connectivity index (χ0n) is 10.1. The van der Waals surface area contributed by atoms with Crippen LogP contribution in [0.4, 0.5) is 0 Å². The Morgan fingerprint density at radius 1 is 1.44 bits per heavy atom. The summed E-state index contributed by atoms with van der Waals surface area (Å²) in [4.78, 5) is 13.9. The largest absolute Gasteiger partial charge is 0.381 e. The van der Waals surface area contributed by atoms with E-state index in [-0.39, 0.29) is 5.91 Å². The third-order valence-corrected chi connectivity index (χ3v) is 3.52. The molecule has 0 spiro atoms. The van der Waals surface area contributed by atoms with Gasteiger partial charge in [-0.05, 0) is 25.3 Å². The zero-order valence-corrected chi connectivity index (χ0v) is 10.1. The van der Waals surface area contributed by atoms with Gasteiger partial charge in [0.1, 0.15) is 0 Å². The Labute approximate surface area is 97.3 Å².